The lowest BCUT2D eigenvalue weighted by atomic mass is 10.2. The van der Waals surface area contributed by atoms with Crippen LogP contribution in [0.25, 0.3) is 6.08 Å². The molecule has 1 aliphatic rings. The first kappa shape index (κ1) is 18.7. The second-order valence-corrected chi connectivity index (χ2v) is 5.81. The van der Waals surface area contributed by atoms with Gasteiger partial charge in [-0.15, -0.1) is 0 Å². The summed E-state index contributed by atoms with van der Waals surface area (Å²) < 4.78 is 34.5. The van der Waals surface area contributed by atoms with Gasteiger partial charge in [-0.2, -0.15) is 8.78 Å². The first-order chi connectivity index (χ1) is 12.9. The predicted molar refractivity (Wildman–Crippen MR) is 96.3 cm³/mol. The molecule has 1 aliphatic heterocycles. The largest absolute Gasteiger partial charge is 0.482 e. The summed E-state index contributed by atoms with van der Waals surface area (Å²) >= 11 is 6.10. The van der Waals surface area contributed by atoms with E-state index in [-0.39, 0.29) is 29.0 Å². The Morgan fingerprint density at radius 1 is 1.33 bits per heavy atom. The van der Waals surface area contributed by atoms with Gasteiger partial charge in [-0.3, -0.25) is 9.59 Å². The average Bonchev–Trinajstić information content (AvgIpc) is 2.61. The summed E-state index contributed by atoms with van der Waals surface area (Å²) in [6.45, 7) is -3.11. The van der Waals surface area contributed by atoms with E-state index in [1.807, 2.05) is 0 Å². The second kappa shape index (κ2) is 8.05. The number of benzene rings is 2. The molecule has 2 amide bonds. The number of fused-ring (bicyclic) bond motifs is 1. The number of hydrogen-bond acceptors (Lipinski definition) is 4. The van der Waals surface area contributed by atoms with Crippen molar-refractivity contribution < 1.29 is 27.8 Å². The number of halogens is 3. The zero-order chi connectivity index (χ0) is 19.4. The van der Waals surface area contributed by atoms with E-state index in [2.05, 4.69) is 15.4 Å². The number of amides is 2. The van der Waals surface area contributed by atoms with E-state index in [0.29, 0.717) is 17.0 Å². The Labute approximate surface area is 157 Å². The Morgan fingerprint density at radius 2 is 2.11 bits per heavy atom. The number of anilines is 2. The first-order valence-electron chi connectivity index (χ1n) is 7.71. The van der Waals surface area contributed by atoms with Crippen molar-refractivity contribution in [1.82, 2.24) is 0 Å². The van der Waals surface area contributed by atoms with Gasteiger partial charge in [0.1, 0.15) is 11.5 Å². The van der Waals surface area contributed by atoms with E-state index in [9.17, 15) is 18.4 Å². The minimum atomic E-state index is -2.97. The lowest BCUT2D eigenvalue weighted by Crippen LogP contribution is -2.25. The van der Waals surface area contributed by atoms with Crippen LogP contribution in [0.3, 0.4) is 0 Å². The molecule has 0 saturated heterocycles. The van der Waals surface area contributed by atoms with Crippen molar-refractivity contribution in [2.75, 3.05) is 17.2 Å². The fraction of sp³-hybridized carbons (Fsp3) is 0.111. The number of rotatable bonds is 5. The molecule has 0 bridgehead atoms. The summed E-state index contributed by atoms with van der Waals surface area (Å²) in [6.07, 6.45) is 2.50. The molecule has 27 heavy (non-hydrogen) atoms. The Morgan fingerprint density at radius 3 is 2.89 bits per heavy atom. The van der Waals surface area contributed by atoms with Gasteiger partial charge < -0.3 is 20.1 Å². The molecule has 0 spiro atoms. The van der Waals surface area contributed by atoms with Gasteiger partial charge in [-0.25, -0.2) is 0 Å². The number of nitrogens with one attached hydrogen (secondary N) is 2. The van der Waals surface area contributed by atoms with Crippen molar-refractivity contribution in [3.63, 3.8) is 0 Å². The molecule has 0 atom stereocenters. The van der Waals surface area contributed by atoms with Gasteiger partial charge in [0, 0.05) is 17.7 Å². The molecular weight excluding hydrogens is 382 g/mol. The van der Waals surface area contributed by atoms with Crippen LogP contribution < -0.4 is 20.1 Å². The van der Waals surface area contributed by atoms with Crippen LogP contribution >= 0.6 is 11.6 Å². The van der Waals surface area contributed by atoms with Gasteiger partial charge in [-0.1, -0.05) is 29.8 Å². The maximum absolute atomic E-state index is 12.4. The smallest absolute Gasteiger partial charge is 0.387 e. The van der Waals surface area contributed by atoms with Crippen molar-refractivity contribution in [2.45, 2.75) is 6.61 Å². The summed E-state index contributed by atoms with van der Waals surface area (Å²) in [4.78, 5) is 23.4. The molecule has 0 fully saturated rings. The SMILES string of the molecule is O=C(/C=C/c1ccccc1OC(F)F)Nc1cc2c(cc1Cl)NC(=O)CO2. The highest BCUT2D eigenvalue weighted by atomic mass is 35.5. The maximum atomic E-state index is 12.4. The van der Waals surface area contributed by atoms with Gasteiger partial charge in [0.25, 0.3) is 5.91 Å². The van der Waals surface area contributed by atoms with Crippen molar-refractivity contribution in [3.8, 4) is 11.5 Å². The number of carbonyl (C=O) groups excluding carboxylic acids is 2. The molecule has 0 unspecified atom stereocenters. The molecule has 9 heteroatoms. The molecule has 0 aromatic heterocycles. The van der Waals surface area contributed by atoms with Crippen LogP contribution in [0.4, 0.5) is 20.2 Å². The predicted octanol–water partition coefficient (Wildman–Crippen LogP) is 3.92. The third kappa shape index (κ3) is 4.73. The Hall–Kier alpha value is -3.13. The monoisotopic (exact) mass is 394 g/mol. The molecule has 140 valence electrons. The Kier molecular flexibility index (Phi) is 5.56. The number of para-hydroxylation sites is 1. The van der Waals surface area contributed by atoms with E-state index in [0.717, 1.165) is 6.08 Å². The summed E-state index contributed by atoms with van der Waals surface area (Å²) in [5.74, 6) is -0.520. The quantitative estimate of drug-likeness (QED) is 0.753. The third-order valence-electron chi connectivity index (χ3n) is 3.51. The van der Waals surface area contributed by atoms with Crippen molar-refractivity contribution >= 4 is 40.9 Å². The molecule has 1 heterocycles. The van der Waals surface area contributed by atoms with Crippen LogP contribution in [-0.2, 0) is 9.59 Å². The van der Waals surface area contributed by atoms with Crippen LogP contribution in [0.5, 0.6) is 11.5 Å². The average molecular weight is 395 g/mol. The van der Waals surface area contributed by atoms with Crippen molar-refractivity contribution in [1.29, 1.82) is 0 Å². The lowest BCUT2D eigenvalue weighted by molar-refractivity contribution is -0.118. The van der Waals surface area contributed by atoms with Crippen molar-refractivity contribution in [2.24, 2.45) is 0 Å². The highest BCUT2D eigenvalue weighted by Gasteiger charge is 2.18. The fourth-order valence-corrected chi connectivity index (χ4v) is 2.57. The number of ether oxygens (including phenoxy) is 2. The first-order valence-corrected chi connectivity index (χ1v) is 8.09. The molecule has 0 saturated carbocycles. The third-order valence-corrected chi connectivity index (χ3v) is 3.82. The standard InChI is InChI=1S/C18H13ClF2N2O4/c19-11-7-13-15(26-9-17(25)23-13)8-12(11)22-16(24)6-5-10-3-1-2-4-14(10)27-18(20)21/h1-8,18H,9H2,(H,22,24)(H,23,25)/b6-5+. The van der Waals surface area contributed by atoms with Gasteiger partial charge in [0.05, 0.1) is 16.4 Å². The van der Waals surface area contributed by atoms with Crippen LogP contribution in [0, 0.1) is 0 Å². The molecule has 0 radical (unpaired) electrons. The minimum absolute atomic E-state index is 0.0486. The summed E-state index contributed by atoms with van der Waals surface area (Å²) in [6, 6.07) is 9.01. The number of hydrogen-bond donors (Lipinski definition) is 2. The topological polar surface area (TPSA) is 76.7 Å². The highest BCUT2D eigenvalue weighted by Crippen LogP contribution is 2.36. The summed E-state index contributed by atoms with van der Waals surface area (Å²) in [7, 11) is 0. The molecule has 0 aliphatic carbocycles. The van der Waals surface area contributed by atoms with Gasteiger partial charge >= 0.3 is 6.61 Å². The zero-order valence-corrected chi connectivity index (χ0v) is 14.4. The van der Waals surface area contributed by atoms with Crippen LogP contribution in [0.2, 0.25) is 5.02 Å². The Bertz CT molecular complexity index is 918. The summed E-state index contributed by atoms with van der Waals surface area (Å²) in [5, 5.41) is 5.36. The van der Waals surface area contributed by atoms with E-state index < -0.39 is 12.5 Å². The van der Waals surface area contributed by atoms with E-state index in [4.69, 9.17) is 16.3 Å². The molecule has 2 aromatic carbocycles. The van der Waals surface area contributed by atoms with Crippen LogP contribution in [0.15, 0.2) is 42.5 Å². The molecule has 2 N–H and O–H groups in total. The van der Waals surface area contributed by atoms with Crippen LogP contribution in [0.1, 0.15) is 5.56 Å². The number of alkyl halides is 2. The molecule has 6 nitrogen and oxygen atoms in total. The van der Waals surface area contributed by atoms with Gasteiger partial charge in [-0.05, 0) is 18.2 Å². The van der Waals surface area contributed by atoms with Crippen LogP contribution in [-0.4, -0.2) is 25.0 Å². The van der Waals surface area contributed by atoms with Gasteiger partial charge in [0.2, 0.25) is 5.91 Å². The van der Waals surface area contributed by atoms with E-state index >= 15 is 0 Å². The minimum Gasteiger partial charge on any atom is -0.482 e. The Balaban J connectivity index is 1.73. The van der Waals surface area contributed by atoms with Crippen molar-refractivity contribution in [3.05, 3.63) is 53.1 Å². The maximum Gasteiger partial charge on any atom is 0.387 e. The second-order valence-electron chi connectivity index (χ2n) is 5.40. The normalized spacial score (nSPS) is 13.1. The van der Waals surface area contributed by atoms with E-state index in [1.54, 1.807) is 12.1 Å². The van der Waals surface area contributed by atoms with Gasteiger partial charge in [0.15, 0.2) is 6.61 Å². The number of carbonyl (C=O) groups is 2. The molecular formula is C18H13ClF2N2O4. The molecule has 2 aromatic rings. The highest BCUT2D eigenvalue weighted by molar-refractivity contribution is 6.34. The summed E-state index contributed by atoms with van der Waals surface area (Å²) in [5.41, 5.74) is 0.997. The van der Waals surface area contributed by atoms with E-state index in [1.165, 1.54) is 30.3 Å². The molecule has 3 rings (SSSR count). The fourth-order valence-electron chi connectivity index (χ4n) is 2.36. The zero-order valence-electron chi connectivity index (χ0n) is 13.7. The lowest BCUT2D eigenvalue weighted by Gasteiger charge is -2.19.